The first kappa shape index (κ1) is 18.0. The number of nitrogens with zero attached hydrogens (tertiary/aromatic N) is 3. The minimum absolute atomic E-state index is 0.118. The molecule has 0 atom stereocenters. The first-order valence-corrected chi connectivity index (χ1v) is 9.93. The summed E-state index contributed by atoms with van der Waals surface area (Å²) in [4.78, 5) is 25.0. The Labute approximate surface area is 160 Å². The van der Waals surface area contributed by atoms with Crippen molar-refractivity contribution < 1.29 is 9.18 Å². The Morgan fingerprint density at radius 2 is 2.12 bits per heavy atom. The van der Waals surface area contributed by atoms with Crippen LogP contribution in [0.4, 0.5) is 10.1 Å². The Bertz CT molecular complexity index is 948. The van der Waals surface area contributed by atoms with Crippen LogP contribution in [0.3, 0.4) is 0 Å². The number of thioether (sulfide) groups is 1. The van der Waals surface area contributed by atoms with Gasteiger partial charge in [-0.3, -0.25) is 4.79 Å². The Kier molecular flexibility index (Phi) is 5.45. The molecule has 0 saturated heterocycles. The zero-order valence-electron chi connectivity index (χ0n) is 13.2. The number of carbonyl (C=O) groups is 1. The van der Waals surface area contributed by atoms with E-state index in [4.69, 9.17) is 0 Å². The van der Waals surface area contributed by atoms with Gasteiger partial charge in [-0.05, 0) is 40.4 Å². The van der Waals surface area contributed by atoms with E-state index < -0.39 is 5.82 Å². The molecule has 128 valence electrons. The highest BCUT2D eigenvalue weighted by molar-refractivity contribution is 9.11. The van der Waals surface area contributed by atoms with Crippen molar-refractivity contribution in [3.8, 4) is 21.8 Å². The lowest BCUT2D eigenvalue weighted by Crippen LogP contribution is -2.08. The third-order valence-electron chi connectivity index (χ3n) is 3.21. The van der Waals surface area contributed by atoms with Gasteiger partial charge >= 0.3 is 0 Å². The van der Waals surface area contributed by atoms with Gasteiger partial charge in [-0.25, -0.2) is 19.3 Å². The number of benzene rings is 1. The van der Waals surface area contributed by atoms with E-state index in [-0.39, 0.29) is 11.6 Å². The number of anilines is 1. The predicted molar refractivity (Wildman–Crippen MR) is 102 cm³/mol. The number of aromatic nitrogens is 3. The molecule has 0 aliphatic heterocycles. The zero-order valence-corrected chi connectivity index (χ0v) is 16.4. The molecule has 3 rings (SSSR count). The highest BCUT2D eigenvalue weighted by Gasteiger charge is 2.20. The third-order valence-corrected chi connectivity index (χ3v) is 5.31. The van der Waals surface area contributed by atoms with Gasteiger partial charge in [0, 0.05) is 18.7 Å². The fraction of sp³-hybridized carbons (Fsp3) is 0.125. The highest BCUT2D eigenvalue weighted by Crippen LogP contribution is 2.40. The minimum atomic E-state index is -0.532. The molecule has 9 heteroatoms. The Balaban J connectivity index is 2.15. The van der Waals surface area contributed by atoms with Gasteiger partial charge in [0.1, 0.15) is 0 Å². The number of nitrogens with one attached hydrogen (secondary N) is 1. The quantitative estimate of drug-likeness (QED) is 0.465. The molecule has 0 aliphatic rings. The Hall–Kier alpha value is -1.84. The largest absolute Gasteiger partial charge is 0.324 e. The van der Waals surface area contributed by atoms with E-state index in [0.29, 0.717) is 26.0 Å². The molecule has 0 unspecified atom stereocenters. The Morgan fingerprint density at radius 3 is 2.84 bits per heavy atom. The fourth-order valence-electron chi connectivity index (χ4n) is 2.22. The maximum absolute atomic E-state index is 14.9. The van der Waals surface area contributed by atoms with Crippen LogP contribution in [0.1, 0.15) is 6.92 Å². The van der Waals surface area contributed by atoms with Crippen molar-refractivity contribution in [3.05, 3.63) is 40.2 Å². The summed E-state index contributed by atoms with van der Waals surface area (Å²) in [7, 11) is 0. The first-order chi connectivity index (χ1) is 12.0. The maximum atomic E-state index is 14.9. The van der Waals surface area contributed by atoms with Crippen molar-refractivity contribution in [1.29, 1.82) is 0 Å². The molecule has 1 aromatic carbocycles. The summed E-state index contributed by atoms with van der Waals surface area (Å²) in [5.74, 6) is -0.868. The number of rotatable bonds is 4. The van der Waals surface area contributed by atoms with Crippen LogP contribution in [0.25, 0.3) is 21.8 Å². The molecular formula is C16H12BrFN4OS2. The average molecular weight is 439 g/mol. The van der Waals surface area contributed by atoms with Gasteiger partial charge in [0.25, 0.3) is 0 Å². The molecule has 25 heavy (non-hydrogen) atoms. The number of hydrogen-bond donors (Lipinski definition) is 1. The van der Waals surface area contributed by atoms with Gasteiger partial charge < -0.3 is 5.32 Å². The molecule has 3 aromatic rings. The van der Waals surface area contributed by atoms with Gasteiger partial charge in [-0.1, -0.05) is 17.8 Å². The summed E-state index contributed by atoms with van der Waals surface area (Å²) in [6.07, 6.45) is 3.55. The van der Waals surface area contributed by atoms with Crippen molar-refractivity contribution in [1.82, 2.24) is 15.0 Å². The molecule has 5 nitrogen and oxygen atoms in total. The number of amides is 1. The third kappa shape index (κ3) is 3.88. The lowest BCUT2D eigenvalue weighted by atomic mass is 10.1. The highest BCUT2D eigenvalue weighted by atomic mass is 79.9. The molecule has 0 spiro atoms. The number of halogens is 2. The van der Waals surface area contributed by atoms with E-state index >= 15 is 0 Å². The molecule has 2 heterocycles. The monoisotopic (exact) mass is 438 g/mol. The maximum Gasteiger partial charge on any atom is 0.221 e. The molecule has 2 aromatic heterocycles. The summed E-state index contributed by atoms with van der Waals surface area (Å²) >= 11 is 6.15. The van der Waals surface area contributed by atoms with Crippen LogP contribution in [-0.2, 0) is 4.79 Å². The van der Waals surface area contributed by atoms with Gasteiger partial charge in [0.05, 0.1) is 22.0 Å². The van der Waals surface area contributed by atoms with Gasteiger partial charge in [0.2, 0.25) is 5.91 Å². The van der Waals surface area contributed by atoms with Gasteiger partial charge in [-0.15, -0.1) is 11.3 Å². The van der Waals surface area contributed by atoms with Crippen molar-refractivity contribution in [2.45, 2.75) is 12.1 Å². The smallest absolute Gasteiger partial charge is 0.221 e. The summed E-state index contributed by atoms with van der Waals surface area (Å²) < 4.78 is 15.5. The van der Waals surface area contributed by atoms with Crippen molar-refractivity contribution in [3.63, 3.8) is 0 Å². The number of thiazole rings is 1. The number of hydrogen-bond acceptors (Lipinski definition) is 6. The molecule has 0 radical (unpaired) electrons. The van der Waals surface area contributed by atoms with E-state index in [0.717, 1.165) is 4.88 Å². The van der Waals surface area contributed by atoms with Crippen molar-refractivity contribution >= 4 is 50.6 Å². The summed E-state index contributed by atoms with van der Waals surface area (Å²) in [6, 6.07) is 6.58. The predicted octanol–water partition coefficient (Wildman–Crippen LogP) is 4.85. The van der Waals surface area contributed by atoms with Crippen LogP contribution in [0.5, 0.6) is 0 Å². The molecule has 1 amide bonds. The molecular weight excluding hydrogens is 427 g/mol. The molecule has 0 bridgehead atoms. The SMILES string of the molecule is CSc1nccc(-c2sc(Br)nc2-c2cccc(NC(C)=O)c2F)n1. The molecule has 0 aliphatic carbocycles. The lowest BCUT2D eigenvalue weighted by molar-refractivity contribution is -0.114. The molecule has 1 N–H and O–H groups in total. The van der Waals surface area contributed by atoms with Gasteiger partial charge in [0.15, 0.2) is 14.9 Å². The van der Waals surface area contributed by atoms with E-state index in [1.165, 1.54) is 36.1 Å². The van der Waals surface area contributed by atoms with Gasteiger partial charge in [-0.2, -0.15) is 0 Å². The van der Waals surface area contributed by atoms with E-state index in [9.17, 15) is 9.18 Å². The van der Waals surface area contributed by atoms with E-state index in [2.05, 4.69) is 36.2 Å². The average Bonchev–Trinajstić information content (AvgIpc) is 2.98. The van der Waals surface area contributed by atoms with Crippen molar-refractivity contribution in [2.24, 2.45) is 0 Å². The summed E-state index contributed by atoms with van der Waals surface area (Å²) in [5, 5.41) is 3.11. The second kappa shape index (κ2) is 7.59. The molecule has 0 fully saturated rings. The van der Waals surface area contributed by atoms with Crippen LogP contribution in [-0.4, -0.2) is 27.1 Å². The molecule has 0 saturated carbocycles. The van der Waals surface area contributed by atoms with Crippen LogP contribution in [0, 0.1) is 5.82 Å². The lowest BCUT2D eigenvalue weighted by Gasteiger charge is -2.09. The van der Waals surface area contributed by atoms with Crippen LogP contribution >= 0.6 is 39.0 Å². The van der Waals surface area contributed by atoms with Crippen LogP contribution in [0.2, 0.25) is 0 Å². The first-order valence-electron chi connectivity index (χ1n) is 7.09. The normalized spacial score (nSPS) is 10.7. The fourth-order valence-corrected chi connectivity index (χ4v) is 4.01. The topological polar surface area (TPSA) is 67.8 Å². The van der Waals surface area contributed by atoms with E-state index in [1.807, 2.05) is 6.26 Å². The van der Waals surface area contributed by atoms with Crippen LogP contribution < -0.4 is 5.32 Å². The summed E-state index contributed by atoms with van der Waals surface area (Å²) in [5.41, 5.74) is 1.55. The number of carbonyl (C=O) groups excluding carboxylic acids is 1. The second-order valence-corrected chi connectivity index (χ2v) is 7.97. The summed E-state index contributed by atoms with van der Waals surface area (Å²) in [6.45, 7) is 1.34. The van der Waals surface area contributed by atoms with Crippen LogP contribution in [0.15, 0.2) is 39.5 Å². The van der Waals surface area contributed by atoms with Crippen molar-refractivity contribution in [2.75, 3.05) is 11.6 Å². The van der Waals surface area contributed by atoms with E-state index in [1.54, 1.807) is 24.4 Å². The second-order valence-electron chi connectivity index (χ2n) is 4.92. The zero-order chi connectivity index (χ0) is 18.0. The minimum Gasteiger partial charge on any atom is -0.324 e. The standard InChI is InChI=1S/C16H12BrFN4OS2/c1-8(23)20-10-5-3-4-9(12(10)18)13-14(25-15(17)22-13)11-6-7-19-16(21-11)24-2/h3-7H,1-2H3,(H,20,23). The Morgan fingerprint density at radius 1 is 1.32 bits per heavy atom.